The number of nitrogens with two attached hydrogens (primary N) is 1. The first-order chi connectivity index (χ1) is 8.99. The average Bonchev–Trinajstić information content (AvgIpc) is 2.37. The monoisotopic (exact) mass is 338 g/mol. The van der Waals surface area contributed by atoms with E-state index in [1.165, 1.54) is 0 Å². The summed E-state index contributed by atoms with van der Waals surface area (Å²) in [5, 5.41) is 3.20. The molecular formula is C14H12BrClN2O. The van der Waals surface area contributed by atoms with Crippen LogP contribution < -0.4 is 11.1 Å². The van der Waals surface area contributed by atoms with E-state index in [-0.39, 0.29) is 11.6 Å². The highest BCUT2D eigenvalue weighted by molar-refractivity contribution is 9.10. The Hall–Kier alpha value is -1.52. The van der Waals surface area contributed by atoms with Crippen molar-refractivity contribution in [1.82, 2.24) is 0 Å². The predicted octanol–water partition coefficient (Wildman–Crippen LogP) is 4.25. The van der Waals surface area contributed by atoms with Gasteiger partial charge in [0.15, 0.2) is 0 Å². The Bertz CT molecular complexity index is 643. The van der Waals surface area contributed by atoms with Gasteiger partial charge in [0.1, 0.15) is 0 Å². The van der Waals surface area contributed by atoms with Crippen LogP contribution in [0.5, 0.6) is 0 Å². The summed E-state index contributed by atoms with van der Waals surface area (Å²) >= 11 is 9.28. The van der Waals surface area contributed by atoms with Gasteiger partial charge in [-0.05, 0) is 36.8 Å². The second kappa shape index (κ2) is 5.63. The van der Waals surface area contributed by atoms with Crippen molar-refractivity contribution in [2.45, 2.75) is 6.92 Å². The second-order valence-corrected chi connectivity index (χ2v) is 5.44. The minimum atomic E-state index is -0.277. The number of benzene rings is 2. The molecule has 0 aromatic heterocycles. The third kappa shape index (κ3) is 3.08. The Kier molecular flexibility index (Phi) is 4.12. The van der Waals surface area contributed by atoms with Gasteiger partial charge in [0.05, 0.1) is 16.3 Å². The summed E-state index contributed by atoms with van der Waals surface area (Å²) in [5.41, 5.74) is 8.16. The van der Waals surface area contributed by atoms with Crippen molar-refractivity contribution in [2.75, 3.05) is 11.1 Å². The van der Waals surface area contributed by atoms with Crippen molar-refractivity contribution in [1.29, 1.82) is 0 Å². The van der Waals surface area contributed by atoms with Crippen LogP contribution in [0.25, 0.3) is 0 Å². The topological polar surface area (TPSA) is 55.1 Å². The summed E-state index contributed by atoms with van der Waals surface area (Å²) in [6.07, 6.45) is 0. The first kappa shape index (κ1) is 13.9. The number of hydrogen-bond acceptors (Lipinski definition) is 2. The highest BCUT2D eigenvalue weighted by Crippen LogP contribution is 2.25. The lowest BCUT2D eigenvalue weighted by Crippen LogP contribution is -2.14. The molecule has 5 heteroatoms. The Balaban J connectivity index is 2.31. The lowest BCUT2D eigenvalue weighted by molar-refractivity contribution is 0.102. The number of halogens is 2. The smallest absolute Gasteiger partial charge is 0.257 e. The van der Waals surface area contributed by atoms with E-state index in [4.69, 9.17) is 17.3 Å². The van der Waals surface area contributed by atoms with E-state index < -0.39 is 0 Å². The molecule has 2 aromatic carbocycles. The van der Waals surface area contributed by atoms with Gasteiger partial charge in [-0.3, -0.25) is 4.79 Å². The minimum Gasteiger partial charge on any atom is -0.397 e. The summed E-state index contributed by atoms with van der Waals surface area (Å²) in [6, 6.07) is 10.7. The maximum absolute atomic E-state index is 12.2. The molecule has 0 saturated heterocycles. The molecule has 0 saturated carbocycles. The fraction of sp³-hybridized carbons (Fsp3) is 0.0714. The van der Waals surface area contributed by atoms with Crippen LogP contribution in [0, 0.1) is 6.92 Å². The van der Waals surface area contributed by atoms with Gasteiger partial charge in [-0.15, -0.1) is 0 Å². The van der Waals surface area contributed by atoms with Gasteiger partial charge in [0.2, 0.25) is 0 Å². The number of carbonyl (C=O) groups excluding carboxylic acids is 1. The van der Waals surface area contributed by atoms with E-state index in [1.54, 1.807) is 18.2 Å². The molecule has 0 aliphatic carbocycles. The van der Waals surface area contributed by atoms with E-state index in [0.29, 0.717) is 10.6 Å². The lowest BCUT2D eigenvalue weighted by atomic mass is 10.1. The van der Waals surface area contributed by atoms with Crippen LogP contribution in [0.15, 0.2) is 40.9 Å². The van der Waals surface area contributed by atoms with Crippen LogP contribution in [0.3, 0.4) is 0 Å². The molecule has 3 N–H and O–H groups in total. The standard InChI is InChI=1S/C14H12BrClN2O/c1-8-5-6-9(15)7-12(8)18-14(19)10-3-2-4-11(16)13(10)17/h2-7H,17H2,1H3,(H,18,19). The van der Waals surface area contributed by atoms with Crippen molar-refractivity contribution >= 4 is 44.8 Å². The Labute approximate surface area is 124 Å². The minimum absolute atomic E-state index is 0.277. The van der Waals surface area contributed by atoms with Gasteiger partial charge in [0, 0.05) is 10.2 Å². The van der Waals surface area contributed by atoms with Crippen molar-refractivity contribution in [2.24, 2.45) is 0 Å². The first-order valence-corrected chi connectivity index (χ1v) is 6.77. The van der Waals surface area contributed by atoms with E-state index in [0.717, 1.165) is 15.7 Å². The first-order valence-electron chi connectivity index (χ1n) is 5.60. The molecule has 0 aliphatic rings. The molecule has 0 aliphatic heterocycles. The van der Waals surface area contributed by atoms with E-state index in [1.807, 2.05) is 25.1 Å². The molecule has 0 atom stereocenters. The van der Waals surface area contributed by atoms with E-state index >= 15 is 0 Å². The molecule has 0 bridgehead atoms. The number of carbonyl (C=O) groups is 1. The fourth-order valence-electron chi connectivity index (χ4n) is 1.65. The van der Waals surface area contributed by atoms with Gasteiger partial charge < -0.3 is 11.1 Å². The highest BCUT2D eigenvalue weighted by Gasteiger charge is 2.12. The Morgan fingerprint density at radius 1 is 1.32 bits per heavy atom. The maximum Gasteiger partial charge on any atom is 0.257 e. The molecule has 0 spiro atoms. The zero-order valence-electron chi connectivity index (χ0n) is 10.2. The second-order valence-electron chi connectivity index (χ2n) is 4.11. The van der Waals surface area contributed by atoms with Gasteiger partial charge in [-0.1, -0.05) is 39.7 Å². The quantitative estimate of drug-likeness (QED) is 0.804. The molecule has 2 aromatic rings. The van der Waals surface area contributed by atoms with Crippen molar-refractivity contribution < 1.29 is 4.79 Å². The third-order valence-corrected chi connectivity index (χ3v) is 3.57. The summed E-state index contributed by atoms with van der Waals surface area (Å²) in [6.45, 7) is 1.92. The average molecular weight is 340 g/mol. The zero-order chi connectivity index (χ0) is 14.0. The number of anilines is 2. The van der Waals surface area contributed by atoms with Crippen LogP contribution in [-0.4, -0.2) is 5.91 Å². The molecule has 0 heterocycles. The number of nitrogen functional groups attached to an aromatic ring is 1. The summed E-state index contributed by atoms with van der Waals surface area (Å²) in [4.78, 5) is 12.2. The van der Waals surface area contributed by atoms with E-state index in [9.17, 15) is 4.79 Å². The van der Waals surface area contributed by atoms with E-state index in [2.05, 4.69) is 21.2 Å². The normalized spacial score (nSPS) is 10.3. The number of aryl methyl sites for hydroxylation is 1. The number of rotatable bonds is 2. The Morgan fingerprint density at radius 3 is 2.79 bits per heavy atom. The number of para-hydroxylation sites is 1. The van der Waals surface area contributed by atoms with Gasteiger partial charge >= 0.3 is 0 Å². The molecule has 2 rings (SSSR count). The number of hydrogen-bond donors (Lipinski definition) is 2. The van der Waals surface area contributed by atoms with Crippen LogP contribution in [0.4, 0.5) is 11.4 Å². The van der Waals surface area contributed by atoms with Gasteiger partial charge in [-0.2, -0.15) is 0 Å². The van der Waals surface area contributed by atoms with Crippen LogP contribution in [0.2, 0.25) is 5.02 Å². The zero-order valence-corrected chi connectivity index (χ0v) is 12.5. The molecule has 19 heavy (non-hydrogen) atoms. The number of nitrogens with one attached hydrogen (secondary N) is 1. The predicted molar refractivity (Wildman–Crippen MR) is 82.7 cm³/mol. The third-order valence-electron chi connectivity index (χ3n) is 2.75. The summed E-state index contributed by atoms with van der Waals surface area (Å²) < 4.78 is 0.896. The molecular weight excluding hydrogens is 328 g/mol. The Morgan fingerprint density at radius 2 is 2.05 bits per heavy atom. The van der Waals surface area contributed by atoms with Crippen LogP contribution in [-0.2, 0) is 0 Å². The summed E-state index contributed by atoms with van der Waals surface area (Å²) in [7, 11) is 0. The lowest BCUT2D eigenvalue weighted by Gasteiger charge is -2.11. The van der Waals surface area contributed by atoms with Crippen LogP contribution in [0.1, 0.15) is 15.9 Å². The van der Waals surface area contributed by atoms with Gasteiger partial charge in [0.25, 0.3) is 5.91 Å². The van der Waals surface area contributed by atoms with Crippen molar-refractivity contribution in [3.63, 3.8) is 0 Å². The largest absolute Gasteiger partial charge is 0.397 e. The SMILES string of the molecule is Cc1ccc(Br)cc1NC(=O)c1cccc(Cl)c1N. The highest BCUT2D eigenvalue weighted by atomic mass is 79.9. The fourth-order valence-corrected chi connectivity index (χ4v) is 2.19. The van der Waals surface area contributed by atoms with Gasteiger partial charge in [-0.25, -0.2) is 0 Å². The molecule has 0 unspecified atom stereocenters. The molecule has 0 radical (unpaired) electrons. The van der Waals surface area contributed by atoms with Crippen molar-refractivity contribution in [3.8, 4) is 0 Å². The summed E-state index contributed by atoms with van der Waals surface area (Å²) in [5.74, 6) is -0.277. The molecule has 1 amide bonds. The molecule has 3 nitrogen and oxygen atoms in total. The maximum atomic E-state index is 12.2. The molecule has 0 fully saturated rings. The number of amides is 1. The van der Waals surface area contributed by atoms with Crippen molar-refractivity contribution in [3.05, 3.63) is 57.0 Å². The van der Waals surface area contributed by atoms with Crippen LogP contribution >= 0.6 is 27.5 Å². The molecule has 98 valence electrons.